The second-order valence-corrected chi connectivity index (χ2v) is 5.98. The van der Waals surface area contributed by atoms with E-state index in [9.17, 15) is 14.3 Å². The van der Waals surface area contributed by atoms with Crippen molar-refractivity contribution in [3.63, 3.8) is 0 Å². The molecular weight excluding hydrogens is 309 g/mol. The van der Waals surface area contributed by atoms with Crippen molar-refractivity contribution >= 4 is 11.6 Å². The number of aliphatic hydroxyl groups is 1. The zero-order chi connectivity index (χ0) is 16.7. The highest BCUT2D eigenvalue weighted by Crippen LogP contribution is 2.33. The summed E-state index contributed by atoms with van der Waals surface area (Å²) in [6, 6.07) is 11.2. The molecule has 1 N–H and O–H groups in total. The second kappa shape index (κ2) is 5.72. The number of amides is 1. The molecule has 0 aliphatic carbocycles. The van der Waals surface area contributed by atoms with E-state index in [1.165, 1.54) is 12.1 Å². The van der Waals surface area contributed by atoms with E-state index in [4.69, 9.17) is 0 Å². The number of nitrogens with zero attached hydrogens (tertiary/aromatic N) is 3. The number of likely N-dealkylation sites (tertiary alicyclic amines) is 1. The molecule has 6 heteroatoms. The van der Waals surface area contributed by atoms with Crippen LogP contribution in [0.2, 0.25) is 0 Å². The topological polar surface area (TPSA) is 57.8 Å². The monoisotopic (exact) mass is 325 g/mol. The number of hydrogen-bond donors (Lipinski definition) is 1. The number of halogens is 1. The Bertz CT molecular complexity index is 908. The van der Waals surface area contributed by atoms with E-state index >= 15 is 0 Å². The van der Waals surface area contributed by atoms with Crippen LogP contribution in [-0.4, -0.2) is 37.9 Å². The van der Waals surface area contributed by atoms with Crippen LogP contribution in [0.4, 0.5) is 4.39 Å². The number of β-amino-alcohol motifs (C(OH)–C–C–N with tert-alkyl or cyclic N) is 1. The third-order valence-corrected chi connectivity index (χ3v) is 4.42. The van der Waals surface area contributed by atoms with Gasteiger partial charge in [-0.25, -0.2) is 9.37 Å². The molecule has 0 saturated carbocycles. The summed E-state index contributed by atoms with van der Waals surface area (Å²) in [4.78, 5) is 18.8. The molecule has 122 valence electrons. The number of carbonyl (C=O) groups excluding carboxylic acids is 1. The molecule has 1 aliphatic rings. The molecule has 24 heavy (non-hydrogen) atoms. The van der Waals surface area contributed by atoms with E-state index in [1.807, 2.05) is 6.07 Å². The van der Waals surface area contributed by atoms with Gasteiger partial charge in [-0.3, -0.25) is 9.20 Å². The minimum atomic E-state index is -0.621. The lowest BCUT2D eigenvalue weighted by Crippen LogP contribution is -2.33. The third kappa shape index (κ3) is 2.45. The van der Waals surface area contributed by atoms with Gasteiger partial charge in [-0.1, -0.05) is 18.2 Å². The molecule has 1 aromatic carbocycles. The molecule has 1 saturated heterocycles. The largest absolute Gasteiger partial charge is 0.391 e. The van der Waals surface area contributed by atoms with Crippen molar-refractivity contribution in [1.29, 1.82) is 0 Å². The lowest BCUT2D eigenvalue weighted by Gasteiger charge is -2.25. The number of carbonyl (C=O) groups is 1. The van der Waals surface area contributed by atoms with Gasteiger partial charge in [0.25, 0.3) is 5.91 Å². The Hall–Kier alpha value is -2.73. The lowest BCUT2D eigenvalue weighted by molar-refractivity contribution is 0.0708. The van der Waals surface area contributed by atoms with Crippen LogP contribution < -0.4 is 0 Å². The molecule has 1 aliphatic heterocycles. The van der Waals surface area contributed by atoms with Crippen LogP contribution in [0.5, 0.6) is 0 Å². The van der Waals surface area contributed by atoms with Crippen LogP contribution in [0.25, 0.3) is 5.65 Å². The molecule has 3 heterocycles. The van der Waals surface area contributed by atoms with Crippen LogP contribution in [-0.2, 0) is 0 Å². The van der Waals surface area contributed by atoms with Crippen molar-refractivity contribution in [3.8, 4) is 0 Å². The number of hydrogen-bond acceptors (Lipinski definition) is 3. The Morgan fingerprint density at radius 3 is 2.92 bits per heavy atom. The summed E-state index contributed by atoms with van der Waals surface area (Å²) >= 11 is 0. The first-order valence-electron chi connectivity index (χ1n) is 7.80. The number of rotatable bonds is 2. The molecule has 0 radical (unpaired) electrons. The normalized spacial score (nSPS) is 20.7. The van der Waals surface area contributed by atoms with E-state index in [-0.39, 0.29) is 24.3 Å². The minimum absolute atomic E-state index is 0.204. The molecule has 0 bridgehead atoms. The summed E-state index contributed by atoms with van der Waals surface area (Å²) < 4.78 is 15.3. The molecule has 3 aromatic rings. The first-order chi connectivity index (χ1) is 11.6. The van der Waals surface area contributed by atoms with Gasteiger partial charge in [0.05, 0.1) is 12.1 Å². The van der Waals surface area contributed by atoms with Gasteiger partial charge in [-0.15, -0.1) is 0 Å². The fraction of sp³-hybridized carbons (Fsp3) is 0.222. The fourth-order valence-corrected chi connectivity index (χ4v) is 3.34. The van der Waals surface area contributed by atoms with Crippen molar-refractivity contribution in [2.45, 2.75) is 18.6 Å². The highest BCUT2D eigenvalue weighted by atomic mass is 19.1. The van der Waals surface area contributed by atoms with E-state index < -0.39 is 6.10 Å². The molecule has 0 spiro atoms. The quantitative estimate of drug-likeness (QED) is 0.787. The van der Waals surface area contributed by atoms with Gasteiger partial charge < -0.3 is 10.0 Å². The van der Waals surface area contributed by atoms with Crippen molar-refractivity contribution in [2.24, 2.45) is 0 Å². The first kappa shape index (κ1) is 14.8. The molecule has 1 fully saturated rings. The van der Waals surface area contributed by atoms with E-state index in [0.717, 1.165) is 0 Å². The Balaban J connectivity index is 1.73. The van der Waals surface area contributed by atoms with Crippen LogP contribution in [0.15, 0.2) is 54.9 Å². The Kier molecular flexibility index (Phi) is 3.54. The summed E-state index contributed by atoms with van der Waals surface area (Å²) in [5, 5.41) is 10.1. The number of fused-ring (bicyclic) bond motifs is 1. The number of imidazole rings is 1. The van der Waals surface area contributed by atoms with E-state index in [2.05, 4.69) is 4.98 Å². The Morgan fingerprint density at radius 2 is 2.08 bits per heavy atom. The molecule has 2 unspecified atom stereocenters. The molecule has 2 atom stereocenters. The summed E-state index contributed by atoms with van der Waals surface area (Å²) in [6.45, 7) is 0.227. The Morgan fingerprint density at radius 1 is 1.25 bits per heavy atom. The maximum atomic E-state index is 13.6. The standard InChI is InChI=1S/C18H16FN3O2/c19-13-4-1-3-12(9-13)16-10-14(23)11-22(16)18(24)15-5-2-6-17-20-7-8-21(15)17/h1-9,14,16,23H,10-11H2. The van der Waals surface area contributed by atoms with Crippen LogP contribution in [0.1, 0.15) is 28.5 Å². The maximum Gasteiger partial charge on any atom is 0.271 e. The van der Waals surface area contributed by atoms with Gasteiger partial charge >= 0.3 is 0 Å². The molecule has 2 aromatic heterocycles. The second-order valence-electron chi connectivity index (χ2n) is 5.98. The third-order valence-electron chi connectivity index (χ3n) is 4.42. The van der Waals surface area contributed by atoms with Gasteiger partial charge in [0.15, 0.2) is 0 Å². The summed E-state index contributed by atoms with van der Waals surface area (Å²) in [5.41, 5.74) is 1.85. The van der Waals surface area contributed by atoms with Gasteiger partial charge in [0, 0.05) is 18.9 Å². The minimum Gasteiger partial charge on any atom is -0.391 e. The average Bonchev–Trinajstić information content (AvgIpc) is 3.20. The maximum absolute atomic E-state index is 13.6. The average molecular weight is 325 g/mol. The zero-order valence-corrected chi connectivity index (χ0v) is 12.8. The van der Waals surface area contributed by atoms with Gasteiger partial charge in [-0.2, -0.15) is 0 Å². The molecule has 1 amide bonds. The number of aliphatic hydroxyl groups excluding tert-OH is 1. The van der Waals surface area contributed by atoms with E-state index in [1.54, 1.807) is 46.0 Å². The van der Waals surface area contributed by atoms with Crippen molar-refractivity contribution in [3.05, 3.63) is 71.9 Å². The smallest absolute Gasteiger partial charge is 0.271 e. The molecule has 5 nitrogen and oxygen atoms in total. The number of aromatic nitrogens is 2. The van der Waals surface area contributed by atoms with E-state index in [0.29, 0.717) is 23.3 Å². The van der Waals surface area contributed by atoms with Crippen LogP contribution >= 0.6 is 0 Å². The van der Waals surface area contributed by atoms with Gasteiger partial charge in [0.1, 0.15) is 17.2 Å². The zero-order valence-electron chi connectivity index (χ0n) is 12.8. The summed E-state index contributed by atoms with van der Waals surface area (Å²) in [6.07, 6.45) is 3.14. The predicted molar refractivity (Wildman–Crippen MR) is 86.0 cm³/mol. The number of benzene rings is 1. The van der Waals surface area contributed by atoms with Gasteiger partial charge in [0.2, 0.25) is 0 Å². The lowest BCUT2D eigenvalue weighted by atomic mass is 10.0. The van der Waals surface area contributed by atoms with Crippen molar-refractivity contribution < 1.29 is 14.3 Å². The SMILES string of the molecule is O=C(c1cccc2nccn12)N1CC(O)CC1c1cccc(F)c1. The number of pyridine rings is 1. The Labute approximate surface area is 138 Å². The molecular formula is C18H16FN3O2. The fourth-order valence-electron chi connectivity index (χ4n) is 3.34. The van der Waals surface area contributed by atoms with Crippen molar-refractivity contribution in [2.75, 3.05) is 6.54 Å². The van der Waals surface area contributed by atoms with Crippen LogP contribution in [0, 0.1) is 5.82 Å². The molecule has 4 rings (SSSR count). The van der Waals surface area contributed by atoms with Crippen LogP contribution in [0.3, 0.4) is 0 Å². The summed E-state index contributed by atoms with van der Waals surface area (Å²) in [7, 11) is 0. The highest BCUT2D eigenvalue weighted by molar-refractivity contribution is 5.93. The predicted octanol–water partition coefficient (Wildman–Crippen LogP) is 2.42. The first-order valence-corrected chi connectivity index (χ1v) is 7.80. The highest BCUT2D eigenvalue weighted by Gasteiger charge is 2.36. The van der Waals surface area contributed by atoms with Crippen molar-refractivity contribution in [1.82, 2.24) is 14.3 Å². The summed E-state index contributed by atoms with van der Waals surface area (Å²) in [5.74, 6) is -0.553. The van der Waals surface area contributed by atoms with Gasteiger partial charge in [-0.05, 0) is 36.2 Å².